The number of fused-ring (bicyclic) bond motifs is 1. The first-order valence-electron chi connectivity index (χ1n) is 11.4. The lowest BCUT2D eigenvalue weighted by Gasteiger charge is -2.28. The number of ether oxygens (including phenoxy) is 1. The van der Waals surface area contributed by atoms with Gasteiger partial charge >= 0.3 is 6.03 Å². The van der Waals surface area contributed by atoms with Crippen LogP contribution in [0.4, 0.5) is 4.79 Å². The van der Waals surface area contributed by atoms with Crippen molar-refractivity contribution in [3.05, 3.63) is 70.3 Å². The van der Waals surface area contributed by atoms with E-state index < -0.39 is 0 Å². The lowest BCUT2D eigenvalue weighted by Crippen LogP contribution is -2.45. The standard InChI is InChI=1S/C25H30N4O3/c1-2-32-22-10-11-23-19(14-22)13-20(24(30)28-23)17-29(16-18-7-6-12-26-15-18)25(31)27-21-8-4-3-5-9-21/h6-7,10-15,21H,2-5,8-9,16-17H2,1H3,(H,27,31)(H,28,30). The molecule has 1 aliphatic rings. The highest BCUT2D eigenvalue weighted by Crippen LogP contribution is 2.21. The molecule has 0 atom stereocenters. The molecule has 0 aliphatic heterocycles. The van der Waals surface area contributed by atoms with E-state index in [-0.39, 0.29) is 24.2 Å². The number of urea groups is 1. The number of H-pyrrole nitrogens is 1. The van der Waals surface area contributed by atoms with Gasteiger partial charge in [0.05, 0.1) is 13.2 Å². The minimum absolute atomic E-state index is 0.150. The van der Waals surface area contributed by atoms with Crippen LogP contribution in [0.1, 0.15) is 50.2 Å². The number of amides is 2. The number of carbonyl (C=O) groups is 1. The Hall–Kier alpha value is -3.35. The zero-order chi connectivity index (χ0) is 22.3. The van der Waals surface area contributed by atoms with Crippen molar-refractivity contribution in [1.82, 2.24) is 20.2 Å². The smallest absolute Gasteiger partial charge is 0.318 e. The van der Waals surface area contributed by atoms with Crippen molar-refractivity contribution >= 4 is 16.9 Å². The van der Waals surface area contributed by atoms with Gasteiger partial charge in [-0.3, -0.25) is 9.78 Å². The van der Waals surface area contributed by atoms with Gasteiger partial charge in [0, 0.05) is 41.4 Å². The average molecular weight is 435 g/mol. The van der Waals surface area contributed by atoms with Crippen LogP contribution in [-0.4, -0.2) is 33.5 Å². The van der Waals surface area contributed by atoms with Gasteiger partial charge in [-0.05, 0) is 55.7 Å². The largest absolute Gasteiger partial charge is 0.494 e. The number of aromatic nitrogens is 2. The number of hydrogen-bond donors (Lipinski definition) is 2. The van der Waals surface area contributed by atoms with E-state index in [1.54, 1.807) is 17.3 Å². The first-order chi connectivity index (χ1) is 15.6. The minimum atomic E-state index is -0.191. The van der Waals surface area contributed by atoms with E-state index in [4.69, 9.17) is 4.74 Å². The summed E-state index contributed by atoms with van der Waals surface area (Å²) in [6.45, 7) is 3.09. The second kappa shape index (κ2) is 10.3. The summed E-state index contributed by atoms with van der Waals surface area (Å²) in [4.78, 5) is 34.8. The second-order valence-corrected chi connectivity index (χ2v) is 8.31. The summed E-state index contributed by atoms with van der Waals surface area (Å²) in [5.41, 5.74) is 2.01. The van der Waals surface area contributed by atoms with Crippen LogP contribution in [0.5, 0.6) is 5.75 Å². The van der Waals surface area contributed by atoms with Crippen LogP contribution >= 0.6 is 0 Å². The van der Waals surface area contributed by atoms with Gasteiger partial charge in [0.1, 0.15) is 5.75 Å². The molecule has 0 bridgehead atoms. The highest BCUT2D eigenvalue weighted by molar-refractivity contribution is 5.81. The van der Waals surface area contributed by atoms with E-state index in [2.05, 4.69) is 15.3 Å². The summed E-state index contributed by atoms with van der Waals surface area (Å²) in [7, 11) is 0. The number of hydrogen-bond acceptors (Lipinski definition) is 4. The van der Waals surface area contributed by atoms with E-state index in [9.17, 15) is 9.59 Å². The third kappa shape index (κ3) is 5.46. The maximum absolute atomic E-state index is 13.2. The first-order valence-corrected chi connectivity index (χ1v) is 11.4. The van der Waals surface area contributed by atoms with Gasteiger partial charge < -0.3 is 19.9 Å². The van der Waals surface area contributed by atoms with Gasteiger partial charge in [0.25, 0.3) is 5.56 Å². The molecule has 0 saturated heterocycles. The normalized spacial score (nSPS) is 14.3. The summed E-state index contributed by atoms with van der Waals surface area (Å²) in [6.07, 6.45) is 8.97. The molecular formula is C25H30N4O3. The van der Waals surface area contributed by atoms with Gasteiger partial charge in [-0.1, -0.05) is 25.3 Å². The molecule has 32 heavy (non-hydrogen) atoms. The number of pyridine rings is 2. The van der Waals surface area contributed by atoms with Crippen molar-refractivity contribution in [2.45, 2.75) is 58.2 Å². The minimum Gasteiger partial charge on any atom is -0.494 e. The van der Waals surface area contributed by atoms with E-state index in [0.29, 0.717) is 18.7 Å². The maximum Gasteiger partial charge on any atom is 0.318 e. The monoisotopic (exact) mass is 434 g/mol. The second-order valence-electron chi connectivity index (χ2n) is 8.31. The SMILES string of the molecule is CCOc1ccc2[nH]c(=O)c(CN(Cc3cccnc3)C(=O)NC3CCCCC3)cc2c1. The summed E-state index contributed by atoms with van der Waals surface area (Å²) >= 11 is 0. The van der Waals surface area contributed by atoms with Gasteiger partial charge in [0.15, 0.2) is 0 Å². The van der Waals surface area contributed by atoms with Crippen molar-refractivity contribution in [2.75, 3.05) is 6.61 Å². The number of carbonyl (C=O) groups excluding carboxylic acids is 1. The Morgan fingerprint density at radius 1 is 1.19 bits per heavy atom. The topological polar surface area (TPSA) is 87.3 Å². The molecule has 1 fully saturated rings. The number of nitrogens with zero attached hydrogens (tertiary/aromatic N) is 2. The fraction of sp³-hybridized carbons (Fsp3) is 0.400. The first kappa shape index (κ1) is 21.9. The van der Waals surface area contributed by atoms with E-state index in [0.717, 1.165) is 47.9 Å². The molecule has 0 spiro atoms. The Morgan fingerprint density at radius 2 is 2.03 bits per heavy atom. The number of rotatable bonds is 7. The molecule has 2 amide bonds. The highest BCUT2D eigenvalue weighted by atomic mass is 16.5. The van der Waals surface area contributed by atoms with Crippen molar-refractivity contribution in [1.29, 1.82) is 0 Å². The lowest BCUT2D eigenvalue weighted by atomic mass is 9.96. The Kier molecular flexibility index (Phi) is 7.04. The Morgan fingerprint density at radius 3 is 2.78 bits per heavy atom. The molecule has 1 saturated carbocycles. The highest BCUT2D eigenvalue weighted by Gasteiger charge is 2.21. The Bertz CT molecular complexity index is 1110. The molecule has 7 nitrogen and oxygen atoms in total. The zero-order valence-electron chi connectivity index (χ0n) is 18.5. The van der Waals surface area contributed by atoms with Gasteiger partial charge in [-0.25, -0.2) is 4.79 Å². The summed E-state index contributed by atoms with van der Waals surface area (Å²) < 4.78 is 5.59. The molecule has 3 aromatic rings. The molecule has 1 aromatic carbocycles. The van der Waals surface area contributed by atoms with Crippen molar-refractivity contribution < 1.29 is 9.53 Å². The van der Waals surface area contributed by atoms with Crippen molar-refractivity contribution in [2.24, 2.45) is 0 Å². The number of benzene rings is 1. The molecule has 0 radical (unpaired) electrons. The van der Waals surface area contributed by atoms with Crippen LogP contribution in [-0.2, 0) is 13.1 Å². The van der Waals surface area contributed by atoms with Crippen LogP contribution in [0.2, 0.25) is 0 Å². The predicted octanol–water partition coefficient (Wildman–Crippen LogP) is 4.37. The fourth-order valence-corrected chi connectivity index (χ4v) is 4.23. The van der Waals surface area contributed by atoms with Crippen LogP contribution in [0, 0.1) is 0 Å². The fourth-order valence-electron chi connectivity index (χ4n) is 4.23. The summed E-state index contributed by atoms with van der Waals surface area (Å²) in [6, 6.07) is 11.3. The molecule has 2 N–H and O–H groups in total. The third-order valence-corrected chi connectivity index (χ3v) is 5.88. The predicted molar refractivity (Wildman–Crippen MR) is 125 cm³/mol. The molecular weight excluding hydrogens is 404 g/mol. The Labute approximate surface area is 187 Å². The molecule has 2 heterocycles. The average Bonchev–Trinajstić information content (AvgIpc) is 2.81. The van der Waals surface area contributed by atoms with Crippen LogP contribution in [0.15, 0.2) is 53.6 Å². The maximum atomic E-state index is 13.2. The van der Waals surface area contributed by atoms with E-state index >= 15 is 0 Å². The van der Waals surface area contributed by atoms with Gasteiger partial charge in [0.2, 0.25) is 0 Å². The molecule has 2 aromatic heterocycles. The van der Waals surface area contributed by atoms with E-state index in [1.165, 1.54) is 6.42 Å². The van der Waals surface area contributed by atoms with Crippen molar-refractivity contribution in [3.63, 3.8) is 0 Å². The third-order valence-electron chi connectivity index (χ3n) is 5.88. The molecule has 1 aliphatic carbocycles. The van der Waals surface area contributed by atoms with Gasteiger partial charge in [-0.15, -0.1) is 0 Å². The number of aromatic amines is 1. The number of nitrogens with one attached hydrogen (secondary N) is 2. The van der Waals surface area contributed by atoms with Crippen LogP contribution in [0.25, 0.3) is 10.9 Å². The summed E-state index contributed by atoms with van der Waals surface area (Å²) in [5.74, 6) is 0.750. The van der Waals surface area contributed by atoms with Crippen LogP contribution < -0.4 is 15.6 Å². The molecule has 168 valence electrons. The Balaban J connectivity index is 1.60. The molecule has 7 heteroatoms. The molecule has 4 rings (SSSR count). The van der Waals surface area contributed by atoms with E-state index in [1.807, 2.05) is 43.3 Å². The zero-order valence-corrected chi connectivity index (χ0v) is 18.5. The quantitative estimate of drug-likeness (QED) is 0.578. The lowest BCUT2D eigenvalue weighted by molar-refractivity contribution is 0.184. The molecule has 0 unspecified atom stereocenters. The van der Waals surface area contributed by atoms with Crippen molar-refractivity contribution in [3.8, 4) is 5.75 Å². The summed E-state index contributed by atoms with van der Waals surface area (Å²) in [5, 5.41) is 4.05. The van der Waals surface area contributed by atoms with Gasteiger partial charge in [-0.2, -0.15) is 0 Å². The van der Waals surface area contributed by atoms with Crippen LogP contribution in [0.3, 0.4) is 0 Å².